The monoisotopic (exact) mass is 446 g/mol. The van der Waals surface area contributed by atoms with Gasteiger partial charge in [-0.1, -0.05) is 19.6 Å². The Hall–Kier alpha value is -3.05. The largest absolute Gasteiger partial charge is 0.455 e. The Bertz CT molecular complexity index is 1560. The summed E-state index contributed by atoms with van der Waals surface area (Å²) in [5, 5.41) is 3.56. The van der Waals surface area contributed by atoms with E-state index < -0.39 is 8.07 Å². The van der Waals surface area contributed by atoms with Crippen LogP contribution in [0.2, 0.25) is 19.6 Å². The number of halogens is 2. The minimum Gasteiger partial charge on any atom is -0.455 e. The molecule has 0 atom stereocenters. The molecular weight excluding hydrogens is 420 g/mol. The molecule has 0 aliphatic heterocycles. The predicted octanol–water partition coefficient (Wildman–Crippen LogP) is 6.67. The van der Waals surface area contributed by atoms with Crippen molar-refractivity contribution < 1.29 is 17.8 Å². The summed E-state index contributed by atoms with van der Waals surface area (Å²) >= 11 is 0. The van der Waals surface area contributed by atoms with Crippen molar-refractivity contribution >= 4 is 46.1 Å². The lowest BCUT2D eigenvalue weighted by atomic mass is 9.96. The minimum atomic E-state index is -1.85. The molecule has 0 fully saturated rings. The standard InChI is InChI=1S/C27H26F2NOSi/c1-15-11-20-19-9-8-18(28)13-24(19)31-27(20)26(16(15)2)22-10-7-17-12-21(29)25(32(4,5)6)14-23(17)30(22)3/h7-14H,1-6H3/q+1. The first-order chi connectivity index (χ1) is 15.1. The van der Waals surface area contributed by atoms with Gasteiger partial charge in [-0.15, -0.1) is 0 Å². The maximum atomic E-state index is 14.8. The molecule has 32 heavy (non-hydrogen) atoms. The van der Waals surface area contributed by atoms with Crippen LogP contribution in [-0.2, 0) is 7.05 Å². The summed E-state index contributed by atoms with van der Waals surface area (Å²) in [6, 6.07) is 14.4. The van der Waals surface area contributed by atoms with E-state index >= 15 is 0 Å². The van der Waals surface area contributed by atoms with Crippen molar-refractivity contribution in [2.24, 2.45) is 7.05 Å². The molecule has 5 rings (SSSR count). The van der Waals surface area contributed by atoms with Crippen LogP contribution in [0.4, 0.5) is 8.78 Å². The maximum absolute atomic E-state index is 14.8. The molecule has 0 saturated carbocycles. The van der Waals surface area contributed by atoms with Gasteiger partial charge in [0.15, 0.2) is 0 Å². The average molecular weight is 447 g/mol. The quantitative estimate of drug-likeness (QED) is 0.219. The molecule has 2 heterocycles. The molecule has 0 saturated heterocycles. The van der Waals surface area contributed by atoms with Crippen molar-refractivity contribution in [2.75, 3.05) is 0 Å². The van der Waals surface area contributed by atoms with E-state index in [-0.39, 0.29) is 11.6 Å². The number of hydrogen-bond donors (Lipinski definition) is 0. The van der Waals surface area contributed by atoms with E-state index in [4.69, 9.17) is 4.42 Å². The second-order valence-electron chi connectivity index (χ2n) is 9.73. The van der Waals surface area contributed by atoms with Gasteiger partial charge in [-0.2, -0.15) is 4.57 Å². The first kappa shape index (κ1) is 20.8. The number of rotatable bonds is 2. The fourth-order valence-corrected chi connectivity index (χ4v) is 6.02. The van der Waals surface area contributed by atoms with Gasteiger partial charge in [0.05, 0.1) is 13.6 Å². The third-order valence-electron chi connectivity index (χ3n) is 6.57. The molecule has 0 unspecified atom stereocenters. The summed E-state index contributed by atoms with van der Waals surface area (Å²) < 4.78 is 37.0. The van der Waals surface area contributed by atoms with Crippen LogP contribution in [0.1, 0.15) is 11.1 Å². The van der Waals surface area contributed by atoms with Gasteiger partial charge < -0.3 is 4.42 Å². The highest BCUT2D eigenvalue weighted by Crippen LogP contribution is 2.39. The lowest BCUT2D eigenvalue weighted by Gasteiger charge is -2.18. The van der Waals surface area contributed by atoms with Crippen molar-refractivity contribution in [1.82, 2.24) is 0 Å². The number of aromatic nitrogens is 1. The summed E-state index contributed by atoms with van der Waals surface area (Å²) in [5.74, 6) is -0.443. The van der Waals surface area contributed by atoms with E-state index in [0.29, 0.717) is 5.58 Å². The molecule has 2 aromatic heterocycles. The van der Waals surface area contributed by atoms with Crippen LogP contribution in [0.3, 0.4) is 0 Å². The zero-order chi connectivity index (χ0) is 22.9. The number of benzene rings is 3. The predicted molar refractivity (Wildman–Crippen MR) is 130 cm³/mol. The van der Waals surface area contributed by atoms with Gasteiger partial charge >= 0.3 is 0 Å². The lowest BCUT2D eigenvalue weighted by molar-refractivity contribution is -0.633. The normalized spacial score (nSPS) is 12.4. The highest BCUT2D eigenvalue weighted by Gasteiger charge is 2.27. The molecule has 162 valence electrons. The number of nitrogens with zero attached hydrogens (tertiary/aromatic N) is 1. The highest BCUT2D eigenvalue weighted by atomic mass is 28.3. The second kappa shape index (κ2) is 6.97. The molecule has 2 nitrogen and oxygen atoms in total. The molecule has 5 heteroatoms. The Morgan fingerprint density at radius 1 is 0.875 bits per heavy atom. The zero-order valence-electron chi connectivity index (χ0n) is 19.2. The maximum Gasteiger partial charge on any atom is 0.216 e. The SMILES string of the molecule is Cc1cc2c(oc3cc(F)ccc32)c(-c2ccc3cc(F)c([Si](C)(C)C)cc3[n+]2C)c1C. The number of hydrogen-bond acceptors (Lipinski definition) is 1. The third-order valence-corrected chi connectivity index (χ3v) is 8.57. The minimum absolute atomic E-state index is 0.127. The van der Waals surface area contributed by atoms with Gasteiger partial charge in [0, 0.05) is 34.4 Å². The van der Waals surface area contributed by atoms with Crippen molar-refractivity contribution in [3.05, 3.63) is 71.3 Å². The van der Waals surface area contributed by atoms with E-state index in [1.54, 1.807) is 12.1 Å². The average Bonchev–Trinajstić information content (AvgIpc) is 3.05. The Labute approximate surface area is 187 Å². The van der Waals surface area contributed by atoms with Crippen LogP contribution in [0.25, 0.3) is 44.1 Å². The summed E-state index contributed by atoms with van der Waals surface area (Å²) in [4.78, 5) is 0. The molecule has 0 spiro atoms. The topological polar surface area (TPSA) is 17.0 Å². The van der Waals surface area contributed by atoms with Crippen molar-refractivity contribution in [3.63, 3.8) is 0 Å². The van der Waals surface area contributed by atoms with Gasteiger partial charge in [-0.05, 0) is 60.5 Å². The van der Waals surface area contributed by atoms with Crippen molar-refractivity contribution in [2.45, 2.75) is 33.5 Å². The smallest absolute Gasteiger partial charge is 0.216 e. The first-order valence-electron chi connectivity index (χ1n) is 10.8. The first-order valence-corrected chi connectivity index (χ1v) is 14.3. The van der Waals surface area contributed by atoms with Crippen molar-refractivity contribution in [1.29, 1.82) is 0 Å². The Morgan fingerprint density at radius 2 is 1.62 bits per heavy atom. The summed E-state index contributed by atoms with van der Waals surface area (Å²) in [6.45, 7) is 10.6. The van der Waals surface area contributed by atoms with Gasteiger partial charge in [0.1, 0.15) is 29.8 Å². The number of aryl methyl sites for hydroxylation is 2. The fraction of sp³-hybridized carbons (Fsp3) is 0.222. The fourth-order valence-electron chi connectivity index (χ4n) is 4.66. The molecule has 5 aromatic rings. The van der Waals surface area contributed by atoms with E-state index in [1.165, 1.54) is 12.1 Å². The van der Waals surface area contributed by atoms with E-state index in [0.717, 1.165) is 54.8 Å². The van der Waals surface area contributed by atoms with Gasteiger partial charge in [0.25, 0.3) is 0 Å². The molecule has 3 aromatic carbocycles. The van der Waals surface area contributed by atoms with E-state index in [9.17, 15) is 8.78 Å². The second-order valence-corrected chi connectivity index (χ2v) is 14.8. The van der Waals surface area contributed by atoms with Gasteiger partial charge in [0.2, 0.25) is 11.2 Å². The number of furan rings is 1. The molecule has 0 aliphatic carbocycles. The molecule has 0 aliphatic rings. The number of fused-ring (bicyclic) bond motifs is 4. The summed E-state index contributed by atoms with van der Waals surface area (Å²) in [5.41, 5.74) is 6.49. The molecular formula is C27H26F2NOSi+. The molecule has 0 amide bonds. The summed E-state index contributed by atoms with van der Waals surface area (Å²) in [7, 11) is 0.165. The summed E-state index contributed by atoms with van der Waals surface area (Å²) in [6.07, 6.45) is 0. The Balaban J connectivity index is 1.88. The van der Waals surface area contributed by atoms with Gasteiger partial charge in [-0.3, -0.25) is 0 Å². The van der Waals surface area contributed by atoms with Crippen LogP contribution in [0.15, 0.2) is 52.9 Å². The zero-order valence-corrected chi connectivity index (χ0v) is 20.2. The van der Waals surface area contributed by atoms with Crippen LogP contribution in [0, 0.1) is 25.5 Å². The van der Waals surface area contributed by atoms with Crippen LogP contribution in [-0.4, -0.2) is 8.07 Å². The van der Waals surface area contributed by atoms with E-state index in [2.05, 4.69) is 44.1 Å². The highest BCUT2D eigenvalue weighted by molar-refractivity contribution is 6.88. The molecule has 0 bridgehead atoms. The molecule has 0 radical (unpaired) electrons. The van der Waals surface area contributed by atoms with Crippen LogP contribution >= 0.6 is 0 Å². The van der Waals surface area contributed by atoms with Crippen molar-refractivity contribution in [3.8, 4) is 11.3 Å². The van der Waals surface area contributed by atoms with Gasteiger partial charge in [-0.25, -0.2) is 8.78 Å². The lowest BCUT2D eigenvalue weighted by Crippen LogP contribution is -2.42. The Kier molecular flexibility index (Phi) is 4.54. The van der Waals surface area contributed by atoms with Crippen LogP contribution in [0.5, 0.6) is 0 Å². The molecule has 0 N–H and O–H groups in total. The van der Waals surface area contributed by atoms with Crippen LogP contribution < -0.4 is 9.75 Å². The third kappa shape index (κ3) is 3.06. The number of pyridine rings is 1. The van der Waals surface area contributed by atoms with E-state index in [1.807, 2.05) is 25.2 Å². The Morgan fingerprint density at radius 3 is 2.34 bits per heavy atom.